The molecule has 0 fully saturated rings. The van der Waals surface area contributed by atoms with E-state index in [-0.39, 0.29) is 11.5 Å². The Hall–Kier alpha value is -1.11. The number of hydrogen-bond acceptors (Lipinski definition) is 4. The topological polar surface area (TPSA) is 69.6 Å². The minimum Gasteiger partial charge on any atom is -0.394 e. The maximum atomic E-state index is 11.9. The van der Waals surface area contributed by atoms with Crippen LogP contribution in [0.1, 0.15) is 13.8 Å². The van der Waals surface area contributed by atoms with Crippen LogP contribution in [0.2, 0.25) is 0 Å². The van der Waals surface area contributed by atoms with Crippen molar-refractivity contribution in [1.29, 1.82) is 0 Å². The van der Waals surface area contributed by atoms with Crippen molar-refractivity contribution in [3.63, 3.8) is 0 Å². The summed E-state index contributed by atoms with van der Waals surface area (Å²) in [5, 5.41) is 9.37. The van der Waals surface area contributed by atoms with Gasteiger partial charge in [-0.15, -0.1) is 0 Å². The smallest absolute Gasteiger partial charge is 0.242 e. The Morgan fingerprint density at radius 3 is 2.39 bits per heavy atom. The molecule has 1 aromatic carbocycles. The van der Waals surface area contributed by atoms with Crippen LogP contribution in [0.25, 0.3) is 0 Å². The van der Waals surface area contributed by atoms with Crippen LogP contribution in [0.3, 0.4) is 0 Å². The number of likely N-dealkylation sites (N-methyl/N-ethyl adjacent to an activating group) is 1. The summed E-state index contributed by atoms with van der Waals surface area (Å²) in [5.74, 6) is 0. The maximum Gasteiger partial charge on any atom is 0.242 e. The van der Waals surface area contributed by atoms with Gasteiger partial charge in [0.1, 0.15) is 4.90 Å². The van der Waals surface area contributed by atoms with Crippen LogP contribution in [0.4, 0.5) is 5.69 Å². The number of nitrogens with zero attached hydrogens (tertiary/aromatic N) is 1. The molecule has 0 aliphatic heterocycles. The predicted molar refractivity (Wildman–Crippen MR) is 72.3 cm³/mol. The van der Waals surface area contributed by atoms with Gasteiger partial charge in [0.25, 0.3) is 0 Å². The molecule has 102 valence electrons. The molecule has 0 unspecified atom stereocenters. The third-order valence-corrected chi connectivity index (χ3v) is 4.54. The highest BCUT2D eigenvalue weighted by atomic mass is 32.2. The fraction of sp³-hybridized carbons (Fsp3) is 0.500. The lowest BCUT2D eigenvalue weighted by atomic mass is 10.0. The van der Waals surface area contributed by atoms with E-state index in [1.807, 2.05) is 13.8 Å². The molecule has 0 heterocycles. The Labute approximate surface area is 108 Å². The molecule has 0 aliphatic carbocycles. The normalized spacial score (nSPS) is 12.5. The molecule has 0 saturated carbocycles. The van der Waals surface area contributed by atoms with Crippen LogP contribution in [0, 0.1) is 0 Å². The lowest BCUT2D eigenvalue weighted by Crippen LogP contribution is -2.45. The van der Waals surface area contributed by atoms with E-state index in [0.717, 1.165) is 0 Å². The van der Waals surface area contributed by atoms with Crippen LogP contribution >= 0.6 is 0 Å². The molecule has 6 heteroatoms. The van der Waals surface area contributed by atoms with Gasteiger partial charge in [-0.3, -0.25) is 0 Å². The fourth-order valence-electron chi connectivity index (χ4n) is 1.50. The number of anilines is 1. The standard InChI is InChI=1S/C12H20N2O3S/c1-12(2,9-15)14(4)10-7-5-6-8-11(10)18(16,17)13-3/h5-8,13,15H,9H2,1-4H3. The molecule has 18 heavy (non-hydrogen) atoms. The van der Waals surface area contributed by atoms with Gasteiger partial charge in [-0.1, -0.05) is 12.1 Å². The first-order chi connectivity index (χ1) is 8.26. The molecule has 1 aromatic rings. The Bertz CT molecular complexity index is 512. The second kappa shape index (κ2) is 5.26. The first kappa shape index (κ1) is 14.9. The van der Waals surface area contributed by atoms with Gasteiger partial charge in [0.2, 0.25) is 10.0 Å². The second-order valence-corrected chi connectivity index (χ2v) is 6.56. The summed E-state index contributed by atoms with van der Waals surface area (Å²) in [6.07, 6.45) is 0. The quantitative estimate of drug-likeness (QED) is 0.832. The van der Waals surface area contributed by atoms with Crippen molar-refractivity contribution in [2.24, 2.45) is 0 Å². The van der Waals surface area contributed by atoms with Crippen molar-refractivity contribution in [3.05, 3.63) is 24.3 Å². The zero-order valence-corrected chi connectivity index (χ0v) is 12.0. The summed E-state index contributed by atoms with van der Waals surface area (Å²) in [6.45, 7) is 3.61. The number of aliphatic hydroxyl groups is 1. The Kier molecular flexibility index (Phi) is 4.37. The van der Waals surface area contributed by atoms with E-state index in [1.165, 1.54) is 7.05 Å². The van der Waals surface area contributed by atoms with E-state index in [0.29, 0.717) is 5.69 Å². The minimum absolute atomic E-state index is 0.0720. The average molecular weight is 272 g/mol. The molecule has 0 radical (unpaired) electrons. The number of rotatable bonds is 5. The van der Waals surface area contributed by atoms with Crippen LogP contribution in [-0.2, 0) is 10.0 Å². The SMILES string of the molecule is CNS(=O)(=O)c1ccccc1N(C)C(C)(C)CO. The zero-order valence-electron chi connectivity index (χ0n) is 11.1. The molecule has 0 aromatic heterocycles. The third-order valence-electron chi connectivity index (χ3n) is 3.08. The lowest BCUT2D eigenvalue weighted by molar-refractivity contribution is 0.216. The van der Waals surface area contributed by atoms with Crippen LogP contribution in [0.15, 0.2) is 29.2 Å². The molecule has 0 aliphatic rings. The van der Waals surface area contributed by atoms with Gasteiger partial charge in [0.05, 0.1) is 17.8 Å². The molecule has 2 N–H and O–H groups in total. The average Bonchev–Trinajstić information content (AvgIpc) is 2.37. The van der Waals surface area contributed by atoms with Gasteiger partial charge < -0.3 is 10.0 Å². The molecule has 0 saturated heterocycles. The highest BCUT2D eigenvalue weighted by Crippen LogP contribution is 2.28. The van der Waals surface area contributed by atoms with Gasteiger partial charge in [-0.2, -0.15) is 0 Å². The first-order valence-corrected chi connectivity index (χ1v) is 7.12. The van der Waals surface area contributed by atoms with Crippen LogP contribution in [-0.4, -0.2) is 39.8 Å². The van der Waals surface area contributed by atoms with E-state index in [2.05, 4.69) is 4.72 Å². The third kappa shape index (κ3) is 2.82. The molecule has 0 atom stereocenters. The molecule has 1 rings (SSSR count). The number of benzene rings is 1. The highest BCUT2D eigenvalue weighted by molar-refractivity contribution is 7.89. The summed E-state index contributed by atoms with van der Waals surface area (Å²) in [6, 6.07) is 6.72. The Morgan fingerprint density at radius 1 is 1.33 bits per heavy atom. The highest BCUT2D eigenvalue weighted by Gasteiger charge is 2.27. The van der Waals surface area contributed by atoms with Gasteiger partial charge in [-0.25, -0.2) is 13.1 Å². The largest absolute Gasteiger partial charge is 0.394 e. The van der Waals surface area contributed by atoms with Crippen molar-refractivity contribution in [2.45, 2.75) is 24.3 Å². The number of hydrogen-bond donors (Lipinski definition) is 2. The molecular formula is C12H20N2O3S. The summed E-state index contributed by atoms with van der Waals surface area (Å²) in [5.41, 5.74) is 0.0187. The summed E-state index contributed by atoms with van der Waals surface area (Å²) in [4.78, 5) is 1.97. The van der Waals surface area contributed by atoms with Gasteiger partial charge in [-0.05, 0) is 33.0 Å². The maximum absolute atomic E-state index is 11.9. The summed E-state index contributed by atoms with van der Waals surface area (Å²) >= 11 is 0. The predicted octanol–water partition coefficient (Wildman–Crippen LogP) is 0.802. The molecule has 0 amide bonds. The lowest BCUT2D eigenvalue weighted by Gasteiger charge is -2.36. The Morgan fingerprint density at radius 2 is 1.89 bits per heavy atom. The summed E-state index contributed by atoms with van der Waals surface area (Å²) < 4.78 is 26.2. The number of sulfonamides is 1. The van der Waals surface area contributed by atoms with Crippen LogP contribution in [0.5, 0.6) is 0 Å². The molecule has 5 nitrogen and oxygen atoms in total. The summed E-state index contributed by atoms with van der Waals surface area (Å²) in [7, 11) is -0.373. The monoisotopic (exact) mass is 272 g/mol. The van der Waals surface area contributed by atoms with Gasteiger partial charge in [0, 0.05) is 7.05 Å². The second-order valence-electron chi connectivity index (χ2n) is 4.70. The van der Waals surface area contributed by atoms with Crippen molar-refractivity contribution in [3.8, 4) is 0 Å². The first-order valence-electron chi connectivity index (χ1n) is 5.63. The number of para-hydroxylation sites is 1. The molecule has 0 bridgehead atoms. The van der Waals surface area contributed by atoms with E-state index >= 15 is 0 Å². The van der Waals surface area contributed by atoms with Crippen molar-refractivity contribution in [1.82, 2.24) is 4.72 Å². The van der Waals surface area contributed by atoms with Crippen molar-refractivity contribution < 1.29 is 13.5 Å². The molecular weight excluding hydrogens is 252 g/mol. The van der Waals surface area contributed by atoms with Gasteiger partial charge >= 0.3 is 0 Å². The van der Waals surface area contributed by atoms with E-state index < -0.39 is 15.6 Å². The molecule has 0 spiro atoms. The van der Waals surface area contributed by atoms with E-state index in [9.17, 15) is 13.5 Å². The van der Waals surface area contributed by atoms with Crippen LogP contribution < -0.4 is 9.62 Å². The fourth-order valence-corrected chi connectivity index (χ4v) is 2.46. The zero-order chi connectivity index (χ0) is 14.0. The Balaban J connectivity index is 3.35. The number of aliphatic hydroxyl groups excluding tert-OH is 1. The minimum atomic E-state index is -3.52. The van der Waals surface area contributed by atoms with Crippen molar-refractivity contribution in [2.75, 3.05) is 25.6 Å². The van der Waals surface area contributed by atoms with Gasteiger partial charge in [0.15, 0.2) is 0 Å². The van der Waals surface area contributed by atoms with Crippen molar-refractivity contribution >= 4 is 15.7 Å². The van der Waals surface area contributed by atoms with E-state index in [1.54, 1.807) is 36.2 Å². The van der Waals surface area contributed by atoms with E-state index in [4.69, 9.17) is 0 Å². The number of nitrogens with one attached hydrogen (secondary N) is 1.